The molecule has 0 saturated heterocycles. The van der Waals surface area contributed by atoms with Crippen LogP contribution >= 0.6 is 0 Å². The third kappa shape index (κ3) is 3.05. The lowest BCUT2D eigenvalue weighted by molar-refractivity contribution is -0.383. The van der Waals surface area contributed by atoms with Crippen LogP contribution in [0.5, 0.6) is 0 Å². The maximum absolute atomic E-state index is 11.2. The molecule has 0 amide bonds. The molecule has 0 radical (unpaired) electrons. The number of nitro groups is 1. The lowest BCUT2D eigenvalue weighted by Gasteiger charge is -2.22. The Kier molecular flexibility index (Phi) is 4.05. The molecular formula is C18H19N5O2. The second-order valence-corrected chi connectivity index (χ2v) is 6.37. The molecule has 0 bridgehead atoms. The van der Waals surface area contributed by atoms with Gasteiger partial charge in [0, 0.05) is 24.5 Å². The molecular weight excluding hydrogens is 318 g/mol. The normalized spacial score (nSPS) is 15.4. The molecule has 0 unspecified atom stereocenters. The van der Waals surface area contributed by atoms with Crippen molar-refractivity contribution in [1.29, 1.82) is 0 Å². The highest BCUT2D eigenvalue weighted by Gasteiger charge is 2.16. The first-order chi connectivity index (χ1) is 12.2. The van der Waals surface area contributed by atoms with E-state index in [-0.39, 0.29) is 10.6 Å². The van der Waals surface area contributed by atoms with E-state index in [1.807, 2.05) is 22.9 Å². The van der Waals surface area contributed by atoms with E-state index in [0.29, 0.717) is 23.2 Å². The smallest absolute Gasteiger partial charge is 0.278 e. The van der Waals surface area contributed by atoms with Gasteiger partial charge in [0.15, 0.2) is 0 Å². The van der Waals surface area contributed by atoms with Crippen molar-refractivity contribution in [3.05, 3.63) is 52.8 Å². The van der Waals surface area contributed by atoms with Crippen molar-refractivity contribution in [2.24, 2.45) is 0 Å². The zero-order valence-electron chi connectivity index (χ0n) is 13.8. The van der Waals surface area contributed by atoms with Gasteiger partial charge in [0.25, 0.3) is 5.69 Å². The topological polar surface area (TPSA) is 85.9 Å². The molecule has 25 heavy (non-hydrogen) atoms. The van der Waals surface area contributed by atoms with Crippen LogP contribution in [0.15, 0.2) is 42.7 Å². The minimum absolute atomic E-state index is 0.103. The lowest BCUT2D eigenvalue weighted by Crippen LogP contribution is -2.23. The van der Waals surface area contributed by atoms with Gasteiger partial charge in [-0.2, -0.15) is 4.98 Å². The van der Waals surface area contributed by atoms with Crippen molar-refractivity contribution in [2.75, 3.05) is 5.32 Å². The van der Waals surface area contributed by atoms with Crippen molar-refractivity contribution in [3.8, 4) is 5.82 Å². The Labute approximate surface area is 144 Å². The van der Waals surface area contributed by atoms with Gasteiger partial charge in [0.05, 0.1) is 15.8 Å². The standard InChI is InChI=1S/C18H19N5O2/c24-23(25)16-8-4-7-15-14(16)10-12-22(15)17-9-11-19-18(21-17)20-13-5-2-1-3-6-13/h4,7-13H,1-3,5-6H2,(H,19,20,21). The fourth-order valence-electron chi connectivity index (χ4n) is 3.49. The van der Waals surface area contributed by atoms with E-state index in [4.69, 9.17) is 0 Å². The highest BCUT2D eigenvalue weighted by molar-refractivity contribution is 5.90. The molecule has 0 aliphatic heterocycles. The van der Waals surface area contributed by atoms with Crippen molar-refractivity contribution in [3.63, 3.8) is 0 Å². The molecule has 1 N–H and O–H groups in total. The molecule has 7 heteroatoms. The van der Waals surface area contributed by atoms with E-state index in [1.54, 1.807) is 18.3 Å². The van der Waals surface area contributed by atoms with Crippen LogP contribution in [-0.4, -0.2) is 25.5 Å². The number of hydrogen-bond donors (Lipinski definition) is 1. The molecule has 2 aromatic heterocycles. The lowest BCUT2D eigenvalue weighted by atomic mass is 9.96. The number of fused-ring (bicyclic) bond motifs is 1. The number of anilines is 1. The number of nitrogens with zero attached hydrogens (tertiary/aromatic N) is 4. The largest absolute Gasteiger partial charge is 0.351 e. The summed E-state index contributed by atoms with van der Waals surface area (Å²) in [6.07, 6.45) is 9.60. The van der Waals surface area contributed by atoms with E-state index in [2.05, 4.69) is 15.3 Å². The fourth-order valence-corrected chi connectivity index (χ4v) is 3.49. The summed E-state index contributed by atoms with van der Waals surface area (Å²) < 4.78 is 1.86. The third-order valence-electron chi connectivity index (χ3n) is 4.73. The first kappa shape index (κ1) is 15.6. The van der Waals surface area contributed by atoms with Crippen LogP contribution in [0.2, 0.25) is 0 Å². The first-order valence-corrected chi connectivity index (χ1v) is 8.57. The molecule has 7 nitrogen and oxygen atoms in total. The number of benzene rings is 1. The highest BCUT2D eigenvalue weighted by Crippen LogP contribution is 2.28. The van der Waals surface area contributed by atoms with Gasteiger partial charge in [0.1, 0.15) is 5.82 Å². The number of rotatable bonds is 4. The SMILES string of the molecule is O=[N+]([O-])c1cccc2c1ccn2-c1ccnc(NC2CCCCC2)n1. The second-order valence-electron chi connectivity index (χ2n) is 6.37. The van der Waals surface area contributed by atoms with Crippen molar-refractivity contribution >= 4 is 22.5 Å². The molecule has 1 fully saturated rings. The Balaban J connectivity index is 1.68. The number of non-ortho nitro benzene ring substituents is 1. The van der Waals surface area contributed by atoms with Crippen LogP contribution < -0.4 is 5.32 Å². The minimum Gasteiger partial charge on any atom is -0.351 e. The quantitative estimate of drug-likeness (QED) is 0.573. The maximum atomic E-state index is 11.2. The van der Waals surface area contributed by atoms with E-state index in [1.165, 1.54) is 25.3 Å². The molecule has 2 heterocycles. The van der Waals surface area contributed by atoms with Crippen LogP contribution in [0.3, 0.4) is 0 Å². The van der Waals surface area contributed by atoms with Crippen LogP contribution in [0.25, 0.3) is 16.7 Å². The fraction of sp³-hybridized carbons (Fsp3) is 0.333. The summed E-state index contributed by atoms with van der Waals surface area (Å²) in [5.41, 5.74) is 0.863. The minimum atomic E-state index is -0.358. The van der Waals surface area contributed by atoms with Gasteiger partial charge >= 0.3 is 0 Å². The molecule has 1 aliphatic carbocycles. The van der Waals surface area contributed by atoms with Crippen LogP contribution in [0, 0.1) is 10.1 Å². The molecule has 1 aliphatic rings. The van der Waals surface area contributed by atoms with Crippen molar-refractivity contribution in [2.45, 2.75) is 38.1 Å². The molecule has 1 saturated carbocycles. The van der Waals surface area contributed by atoms with Gasteiger partial charge < -0.3 is 9.88 Å². The molecule has 4 rings (SSSR count). The molecule has 3 aromatic rings. The molecule has 128 valence electrons. The number of hydrogen-bond acceptors (Lipinski definition) is 5. The van der Waals surface area contributed by atoms with Gasteiger partial charge in [-0.1, -0.05) is 25.3 Å². The Morgan fingerprint density at radius 3 is 2.80 bits per heavy atom. The summed E-state index contributed by atoms with van der Waals surface area (Å²) in [5.74, 6) is 1.31. The summed E-state index contributed by atoms with van der Waals surface area (Å²) in [5, 5.41) is 15.2. The summed E-state index contributed by atoms with van der Waals surface area (Å²) >= 11 is 0. The van der Waals surface area contributed by atoms with Gasteiger partial charge in [-0.25, -0.2) is 4.98 Å². The Bertz CT molecular complexity index is 915. The Morgan fingerprint density at radius 2 is 2.00 bits per heavy atom. The predicted octanol–water partition coefficient (Wildman–Crippen LogP) is 4.07. The second kappa shape index (κ2) is 6.51. The number of aromatic nitrogens is 3. The number of nitro benzene ring substituents is 1. The van der Waals surface area contributed by atoms with Crippen molar-refractivity contribution < 1.29 is 4.92 Å². The highest BCUT2D eigenvalue weighted by atomic mass is 16.6. The molecule has 1 aromatic carbocycles. The summed E-state index contributed by atoms with van der Waals surface area (Å²) in [4.78, 5) is 19.8. The zero-order valence-corrected chi connectivity index (χ0v) is 13.8. The van der Waals surface area contributed by atoms with E-state index >= 15 is 0 Å². The maximum Gasteiger partial charge on any atom is 0.278 e. The first-order valence-electron chi connectivity index (χ1n) is 8.57. The van der Waals surface area contributed by atoms with Crippen LogP contribution in [0.4, 0.5) is 11.6 Å². The average Bonchev–Trinajstić information content (AvgIpc) is 3.07. The van der Waals surface area contributed by atoms with E-state index in [0.717, 1.165) is 18.4 Å². The van der Waals surface area contributed by atoms with Crippen LogP contribution in [-0.2, 0) is 0 Å². The summed E-state index contributed by atoms with van der Waals surface area (Å²) in [6.45, 7) is 0. The van der Waals surface area contributed by atoms with Gasteiger partial charge in [-0.05, 0) is 31.0 Å². The van der Waals surface area contributed by atoms with E-state index in [9.17, 15) is 10.1 Å². The molecule has 0 atom stereocenters. The molecule has 0 spiro atoms. The number of nitrogens with one attached hydrogen (secondary N) is 1. The third-order valence-corrected chi connectivity index (χ3v) is 4.73. The van der Waals surface area contributed by atoms with Gasteiger partial charge in [-0.15, -0.1) is 0 Å². The van der Waals surface area contributed by atoms with Crippen molar-refractivity contribution in [1.82, 2.24) is 14.5 Å². The predicted molar refractivity (Wildman–Crippen MR) is 96.0 cm³/mol. The average molecular weight is 337 g/mol. The monoisotopic (exact) mass is 337 g/mol. The summed E-state index contributed by atoms with van der Waals surface area (Å²) in [7, 11) is 0. The van der Waals surface area contributed by atoms with Crippen LogP contribution in [0.1, 0.15) is 32.1 Å². The van der Waals surface area contributed by atoms with E-state index < -0.39 is 0 Å². The summed E-state index contributed by atoms with van der Waals surface area (Å²) in [6, 6.07) is 9.06. The Hall–Kier alpha value is -2.96. The Morgan fingerprint density at radius 1 is 1.16 bits per heavy atom. The van der Waals surface area contributed by atoms with Gasteiger partial charge in [-0.3, -0.25) is 10.1 Å². The zero-order chi connectivity index (χ0) is 17.2. The van der Waals surface area contributed by atoms with Gasteiger partial charge in [0.2, 0.25) is 5.95 Å².